The van der Waals surface area contributed by atoms with Crippen LogP contribution in [0, 0.1) is 5.92 Å². The number of hydrogen-bond donors (Lipinski definition) is 0. The zero-order chi connectivity index (χ0) is 18.2. The lowest BCUT2D eigenvalue weighted by molar-refractivity contribution is -0.140. The lowest BCUT2D eigenvalue weighted by atomic mass is 10.0. The molecule has 6 heteroatoms. The zero-order valence-electron chi connectivity index (χ0n) is 15.4. The molecule has 2 aliphatic rings. The molecule has 1 unspecified atom stereocenters. The summed E-state index contributed by atoms with van der Waals surface area (Å²) in [4.78, 5) is 28.9. The Bertz CT molecular complexity index is 680. The maximum atomic E-state index is 12.9. The molecule has 0 bridgehead atoms. The molecule has 0 spiro atoms. The summed E-state index contributed by atoms with van der Waals surface area (Å²) in [5, 5.41) is 0. The lowest BCUT2D eigenvalue weighted by Gasteiger charge is -2.36. The van der Waals surface area contributed by atoms with Gasteiger partial charge in [-0.2, -0.15) is 0 Å². The summed E-state index contributed by atoms with van der Waals surface area (Å²) in [7, 11) is 0. The van der Waals surface area contributed by atoms with Crippen LogP contribution in [-0.2, 0) is 9.59 Å². The van der Waals surface area contributed by atoms with Crippen LogP contribution >= 0.6 is 0 Å². The molecule has 0 aromatic heterocycles. The standard InChI is InChI=1S/C19H26N2O4/c1-5-21(19(2,3)4)18(23)13-10-17(22)20(12-13)14-6-7-15-16(11-14)25-9-8-24-15/h6-7,11,13H,5,8-10,12H2,1-4H3. The number of carbonyl (C=O) groups excluding carboxylic acids is 2. The van der Waals surface area contributed by atoms with Gasteiger partial charge in [-0.25, -0.2) is 0 Å². The summed E-state index contributed by atoms with van der Waals surface area (Å²) in [5.41, 5.74) is 0.502. The molecule has 0 radical (unpaired) electrons. The molecule has 136 valence electrons. The van der Waals surface area contributed by atoms with Gasteiger partial charge in [0.25, 0.3) is 0 Å². The Morgan fingerprint density at radius 1 is 1.24 bits per heavy atom. The Balaban J connectivity index is 1.77. The number of ether oxygens (including phenoxy) is 2. The monoisotopic (exact) mass is 346 g/mol. The van der Waals surface area contributed by atoms with Crippen molar-refractivity contribution in [3.8, 4) is 11.5 Å². The number of anilines is 1. The molecule has 1 fully saturated rings. The van der Waals surface area contributed by atoms with E-state index in [4.69, 9.17) is 9.47 Å². The van der Waals surface area contributed by atoms with E-state index in [2.05, 4.69) is 0 Å². The molecule has 0 aliphatic carbocycles. The Morgan fingerprint density at radius 2 is 1.92 bits per heavy atom. The molecule has 2 aliphatic heterocycles. The molecule has 1 aromatic rings. The average molecular weight is 346 g/mol. The van der Waals surface area contributed by atoms with Gasteiger partial charge in [0.2, 0.25) is 11.8 Å². The van der Waals surface area contributed by atoms with Crippen molar-refractivity contribution in [1.29, 1.82) is 0 Å². The third-order valence-corrected chi connectivity index (χ3v) is 4.70. The van der Waals surface area contributed by atoms with Crippen LogP contribution in [0.2, 0.25) is 0 Å². The highest BCUT2D eigenvalue weighted by molar-refractivity contribution is 6.00. The number of rotatable bonds is 3. The van der Waals surface area contributed by atoms with Crippen molar-refractivity contribution in [3.05, 3.63) is 18.2 Å². The van der Waals surface area contributed by atoms with Crippen molar-refractivity contribution in [2.24, 2.45) is 5.92 Å². The molecule has 3 rings (SSSR count). The first-order valence-electron chi connectivity index (χ1n) is 8.82. The van der Waals surface area contributed by atoms with Crippen molar-refractivity contribution >= 4 is 17.5 Å². The molecule has 2 heterocycles. The molecule has 1 aromatic carbocycles. The fourth-order valence-corrected chi connectivity index (χ4v) is 3.50. The van der Waals surface area contributed by atoms with E-state index in [1.165, 1.54) is 0 Å². The fraction of sp³-hybridized carbons (Fsp3) is 0.579. The van der Waals surface area contributed by atoms with Crippen LogP contribution in [-0.4, -0.2) is 48.6 Å². The van der Waals surface area contributed by atoms with Crippen molar-refractivity contribution < 1.29 is 19.1 Å². The largest absolute Gasteiger partial charge is 0.486 e. The Hall–Kier alpha value is -2.24. The average Bonchev–Trinajstić information content (AvgIpc) is 2.95. The normalized spacial score (nSPS) is 19.9. The van der Waals surface area contributed by atoms with Crippen LogP contribution in [0.3, 0.4) is 0 Å². The Labute approximate surface area is 148 Å². The topological polar surface area (TPSA) is 59.1 Å². The van der Waals surface area contributed by atoms with Gasteiger partial charge in [-0.05, 0) is 39.8 Å². The summed E-state index contributed by atoms with van der Waals surface area (Å²) in [5.74, 6) is 1.05. The predicted octanol–water partition coefficient (Wildman–Crippen LogP) is 2.46. The minimum atomic E-state index is -0.306. The van der Waals surface area contributed by atoms with E-state index in [0.717, 1.165) is 5.69 Å². The molecule has 0 saturated carbocycles. The maximum absolute atomic E-state index is 12.9. The van der Waals surface area contributed by atoms with Crippen LogP contribution in [0.15, 0.2) is 18.2 Å². The smallest absolute Gasteiger partial charge is 0.228 e. The van der Waals surface area contributed by atoms with Gasteiger partial charge < -0.3 is 19.3 Å². The number of fused-ring (bicyclic) bond motifs is 1. The minimum absolute atomic E-state index is 0.0278. The second-order valence-electron chi connectivity index (χ2n) is 7.49. The maximum Gasteiger partial charge on any atom is 0.228 e. The summed E-state index contributed by atoms with van der Waals surface area (Å²) >= 11 is 0. The van der Waals surface area contributed by atoms with Crippen LogP contribution in [0.5, 0.6) is 11.5 Å². The van der Waals surface area contributed by atoms with Gasteiger partial charge in [-0.3, -0.25) is 9.59 Å². The summed E-state index contributed by atoms with van der Waals surface area (Å²) in [6, 6.07) is 5.49. The Kier molecular flexibility index (Phi) is 4.62. The first kappa shape index (κ1) is 17.6. The molecule has 0 N–H and O–H groups in total. The predicted molar refractivity (Wildman–Crippen MR) is 95.0 cm³/mol. The van der Waals surface area contributed by atoms with Gasteiger partial charge in [0.05, 0.1) is 5.92 Å². The molecule has 1 saturated heterocycles. The number of amides is 2. The van der Waals surface area contributed by atoms with E-state index in [-0.39, 0.29) is 29.7 Å². The molecule has 25 heavy (non-hydrogen) atoms. The second kappa shape index (κ2) is 6.58. The first-order chi connectivity index (χ1) is 11.8. The van der Waals surface area contributed by atoms with Crippen molar-refractivity contribution in [3.63, 3.8) is 0 Å². The quantitative estimate of drug-likeness (QED) is 0.844. The molecule has 1 atom stereocenters. The highest BCUT2D eigenvalue weighted by Gasteiger charge is 2.39. The Morgan fingerprint density at radius 3 is 2.56 bits per heavy atom. The van der Waals surface area contributed by atoms with Gasteiger partial charge in [-0.15, -0.1) is 0 Å². The number of carbonyl (C=O) groups is 2. The van der Waals surface area contributed by atoms with Gasteiger partial charge in [0, 0.05) is 36.8 Å². The second-order valence-corrected chi connectivity index (χ2v) is 7.49. The van der Waals surface area contributed by atoms with Gasteiger partial charge >= 0.3 is 0 Å². The highest BCUT2D eigenvalue weighted by atomic mass is 16.6. The van der Waals surface area contributed by atoms with Crippen LogP contribution in [0.4, 0.5) is 5.69 Å². The van der Waals surface area contributed by atoms with Crippen LogP contribution in [0.1, 0.15) is 34.1 Å². The summed E-state index contributed by atoms with van der Waals surface area (Å²) in [6.45, 7) is 10.1. The van der Waals surface area contributed by atoms with E-state index in [1.807, 2.05) is 50.8 Å². The highest BCUT2D eigenvalue weighted by Crippen LogP contribution is 2.36. The van der Waals surface area contributed by atoms with Gasteiger partial charge in [0.1, 0.15) is 13.2 Å². The summed E-state index contributed by atoms with van der Waals surface area (Å²) < 4.78 is 11.1. The lowest BCUT2D eigenvalue weighted by Crippen LogP contribution is -2.48. The SMILES string of the molecule is CCN(C(=O)C1CC(=O)N(c2ccc3c(c2)OCCO3)C1)C(C)(C)C. The molecule has 2 amide bonds. The summed E-state index contributed by atoms with van der Waals surface area (Å²) in [6.07, 6.45) is 0.250. The molecular weight excluding hydrogens is 320 g/mol. The molecular formula is C19H26N2O4. The van der Waals surface area contributed by atoms with Crippen LogP contribution in [0.25, 0.3) is 0 Å². The number of hydrogen-bond acceptors (Lipinski definition) is 4. The first-order valence-corrected chi connectivity index (χ1v) is 8.82. The zero-order valence-corrected chi connectivity index (χ0v) is 15.4. The van der Waals surface area contributed by atoms with E-state index < -0.39 is 0 Å². The van der Waals surface area contributed by atoms with Gasteiger partial charge in [0.15, 0.2) is 11.5 Å². The third kappa shape index (κ3) is 3.43. The molecule has 6 nitrogen and oxygen atoms in total. The van der Waals surface area contributed by atoms with Crippen molar-refractivity contribution in [2.75, 3.05) is 31.2 Å². The van der Waals surface area contributed by atoms with E-state index in [9.17, 15) is 9.59 Å². The minimum Gasteiger partial charge on any atom is -0.486 e. The van der Waals surface area contributed by atoms with Gasteiger partial charge in [-0.1, -0.05) is 0 Å². The van der Waals surface area contributed by atoms with E-state index >= 15 is 0 Å². The van der Waals surface area contributed by atoms with E-state index in [1.54, 1.807) is 4.90 Å². The number of benzene rings is 1. The number of nitrogens with zero attached hydrogens (tertiary/aromatic N) is 2. The fourth-order valence-electron chi connectivity index (χ4n) is 3.50. The van der Waals surface area contributed by atoms with Crippen LogP contribution < -0.4 is 14.4 Å². The third-order valence-electron chi connectivity index (χ3n) is 4.70. The van der Waals surface area contributed by atoms with Crippen molar-refractivity contribution in [2.45, 2.75) is 39.7 Å². The van der Waals surface area contributed by atoms with E-state index in [0.29, 0.717) is 37.8 Å². The van der Waals surface area contributed by atoms with Crippen molar-refractivity contribution in [1.82, 2.24) is 4.90 Å².